The normalized spacial score (nSPS) is 15.8. The molecule has 0 spiro atoms. The Labute approximate surface area is 75.0 Å². The van der Waals surface area contributed by atoms with E-state index in [1.165, 1.54) is 19.4 Å². The number of nitrogens with zero attached hydrogens (tertiary/aromatic N) is 2. The maximum atomic E-state index is 12.3. The summed E-state index contributed by atoms with van der Waals surface area (Å²) in [6.07, 6.45) is 0.316. The highest BCUT2D eigenvalue weighted by Gasteiger charge is 2.30. The Bertz CT molecular complexity index is 261. The third-order valence-corrected chi connectivity index (χ3v) is 1.70. The fourth-order valence-electron chi connectivity index (χ4n) is 0.890. The highest BCUT2D eigenvalue weighted by Crippen LogP contribution is 2.16. The monoisotopic (exact) mass is 187 g/mol. The minimum absolute atomic E-state index is 0.0488. The minimum atomic E-state index is -2.55. The van der Waals surface area contributed by atoms with E-state index in [2.05, 4.69) is 9.97 Å². The Morgan fingerprint density at radius 2 is 2.31 bits per heavy atom. The van der Waals surface area contributed by atoms with Crippen molar-refractivity contribution in [2.45, 2.75) is 25.3 Å². The van der Waals surface area contributed by atoms with Gasteiger partial charge in [0.05, 0.1) is 5.54 Å². The second-order valence-electron chi connectivity index (χ2n) is 3.18. The van der Waals surface area contributed by atoms with Crippen molar-refractivity contribution in [1.82, 2.24) is 9.97 Å². The lowest BCUT2D eigenvalue weighted by atomic mass is 9.98. The number of aromatic nitrogens is 2. The molecule has 0 radical (unpaired) electrons. The van der Waals surface area contributed by atoms with Gasteiger partial charge in [0.15, 0.2) is 0 Å². The van der Waals surface area contributed by atoms with Gasteiger partial charge in [-0.3, -0.25) is 0 Å². The Kier molecular flexibility index (Phi) is 2.87. The largest absolute Gasteiger partial charge is 0.320 e. The van der Waals surface area contributed by atoms with Gasteiger partial charge in [0.1, 0.15) is 6.33 Å². The molecule has 0 amide bonds. The van der Waals surface area contributed by atoms with Crippen molar-refractivity contribution in [1.29, 1.82) is 0 Å². The van der Waals surface area contributed by atoms with Crippen LogP contribution in [0.5, 0.6) is 0 Å². The molecule has 0 saturated carbocycles. The van der Waals surface area contributed by atoms with Gasteiger partial charge in [-0.1, -0.05) is 0 Å². The molecule has 0 aliphatic heterocycles. The van der Waals surface area contributed by atoms with E-state index >= 15 is 0 Å². The summed E-state index contributed by atoms with van der Waals surface area (Å²) >= 11 is 0. The van der Waals surface area contributed by atoms with E-state index in [0.717, 1.165) is 0 Å². The lowest BCUT2D eigenvalue weighted by molar-refractivity contribution is 0.0634. The summed E-state index contributed by atoms with van der Waals surface area (Å²) in [4.78, 5) is 7.50. The van der Waals surface area contributed by atoms with E-state index in [-0.39, 0.29) is 6.42 Å². The van der Waals surface area contributed by atoms with Crippen LogP contribution in [0, 0.1) is 0 Å². The molecule has 0 aliphatic rings. The van der Waals surface area contributed by atoms with Gasteiger partial charge < -0.3 is 5.73 Å². The Balaban J connectivity index is 2.69. The van der Waals surface area contributed by atoms with Crippen LogP contribution in [-0.2, 0) is 6.42 Å². The molecule has 1 atom stereocenters. The Morgan fingerprint density at radius 3 is 2.77 bits per heavy atom. The van der Waals surface area contributed by atoms with Crippen LogP contribution < -0.4 is 5.73 Å². The minimum Gasteiger partial charge on any atom is -0.320 e. The predicted octanol–water partition coefficient (Wildman–Crippen LogP) is 1.00. The molecule has 5 heteroatoms. The molecule has 1 unspecified atom stereocenters. The quantitative estimate of drug-likeness (QED) is 0.768. The Hall–Kier alpha value is -1.10. The summed E-state index contributed by atoms with van der Waals surface area (Å²) < 4.78 is 24.7. The molecule has 1 heterocycles. The summed E-state index contributed by atoms with van der Waals surface area (Å²) in [6, 6.07) is 1.58. The van der Waals surface area contributed by atoms with Crippen LogP contribution in [0.25, 0.3) is 0 Å². The first-order valence-corrected chi connectivity index (χ1v) is 3.84. The third-order valence-electron chi connectivity index (χ3n) is 1.70. The van der Waals surface area contributed by atoms with Crippen LogP contribution in [0.15, 0.2) is 18.6 Å². The van der Waals surface area contributed by atoms with E-state index in [0.29, 0.717) is 5.69 Å². The van der Waals surface area contributed by atoms with E-state index < -0.39 is 12.0 Å². The predicted molar refractivity (Wildman–Crippen MR) is 44.3 cm³/mol. The third kappa shape index (κ3) is 2.69. The zero-order chi connectivity index (χ0) is 9.90. The SMILES string of the molecule is CC(N)(Cc1ccncn1)C(F)F. The van der Waals surface area contributed by atoms with Crippen molar-refractivity contribution in [3.8, 4) is 0 Å². The van der Waals surface area contributed by atoms with E-state index in [9.17, 15) is 8.78 Å². The van der Waals surface area contributed by atoms with Crippen molar-refractivity contribution in [3.05, 3.63) is 24.3 Å². The fraction of sp³-hybridized carbons (Fsp3) is 0.500. The molecule has 0 aliphatic carbocycles. The first-order valence-electron chi connectivity index (χ1n) is 3.84. The second-order valence-corrected chi connectivity index (χ2v) is 3.18. The average molecular weight is 187 g/mol. The number of halogens is 2. The molecular formula is C8H11F2N3. The van der Waals surface area contributed by atoms with Gasteiger partial charge >= 0.3 is 0 Å². The van der Waals surface area contributed by atoms with Gasteiger partial charge in [0, 0.05) is 18.3 Å². The zero-order valence-electron chi connectivity index (χ0n) is 7.24. The highest BCUT2D eigenvalue weighted by atomic mass is 19.3. The smallest absolute Gasteiger partial charge is 0.256 e. The highest BCUT2D eigenvalue weighted by molar-refractivity contribution is 5.04. The fourth-order valence-corrected chi connectivity index (χ4v) is 0.890. The number of hydrogen-bond acceptors (Lipinski definition) is 3. The van der Waals surface area contributed by atoms with Crippen molar-refractivity contribution >= 4 is 0 Å². The number of hydrogen-bond donors (Lipinski definition) is 1. The molecule has 0 aromatic carbocycles. The molecule has 1 aromatic rings. The molecule has 1 rings (SSSR count). The summed E-state index contributed by atoms with van der Waals surface area (Å²) in [5.74, 6) is 0. The Morgan fingerprint density at radius 1 is 1.62 bits per heavy atom. The van der Waals surface area contributed by atoms with E-state index in [1.54, 1.807) is 6.07 Å². The van der Waals surface area contributed by atoms with Gasteiger partial charge in [-0.2, -0.15) is 0 Å². The van der Waals surface area contributed by atoms with Gasteiger partial charge in [0.2, 0.25) is 0 Å². The number of alkyl halides is 2. The zero-order valence-corrected chi connectivity index (χ0v) is 7.24. The maximum absolute atomic E-state index is 12.3. The van der Waals surface area contributed by atoms with Gasteiger partial charge in [0.25, 0.3) is 6.43 Å². The van der Waals surface area contributed by atoms with Gasteiger partial charge in [-0.15, -0.1) is 0 Å². The lowest BCUT2D eigenvalue weighted by Crippen LogP contribution is -2.46. The number of nitrogens with two attached hydrogens (primary N) is 1. The maximum Gasteiger partial charge on any atom is 0.256 e. The number of rotatable bonds is 3. The van der Waals surface area contributed by atoms with Crippen molar-refractivity contribution in [2.24, 2.45) is 5.73 Å². The first kappa shape index (κ1) is 9.98. The molecule has 0 bridgehead atoms. The molecule has 1 aromatic heterocycles. The summed E-state index contributed by atoms with van der Waals surface area (Å²) in [5, 5.41) is 0. The van der Waals surface area contributed by atoms with Crippen LogP contribution in [0.1, 0.15) is 12.6 Å². The van der Waals surface area contributed by atoms with Crippen LogP contribution in [0.2, 0.25) is 0 Å². The molecular weight excluding hydrogens is 176 g/mol. The van der Waals surface area contributed by atoms with Crippen molar-refractivity contribution in [3.63, 3.8) is 0 Å². The molecule has 3 nitrogen and oxygen atoms in total. The summed E-state index contributed by atoms with van der Waals surface area (Å²) in [7, 11) is 0. The molecule has 13 heavy (non-hydrogen) atoms. The summed E-state index contributed by atoms with van der Waals surface area (Å²) in [5.41, 5.74) is 4.39. The van der Waals surface area contributed by atoms with Crippen LogP contribution in [0.3, 0.4) is 0 Å². The van der Waals surface area contributed by atoms with Crippen molar-refractivity contribution < 1.29 is 8.78 Å². The summed E-state index contributed by atoms with van der Waals surface area (Å²) in [6.45, 7) is 1.31. The van der Waals surface area contributed by atoms with Gasteiger partial charge in [-0.05, 0) is 13.0 Å². The average Bonchev–Trinajstić information content (AvgIpc) is 2.05. The molecule has 0 fully saturated rings. The van der Waals surface area contributed by atoms with Gasteiger partial charge in [-0.25, -0.2) is 18.7 Å². The van der Waals surface area contributed by atoms with Crippen LogP contribution >= 0.6 is 0 Å². The standard InChI is InChI=1S/C8H11F2N3/c1-8(11,7(9)10)4-6-2-3-12-5-13-6/h2-3,5,7H,4,11H2,1H3. The second kappa shape index (κ2) is 3.74. The molecule has 72 valence electrons. The topological polar surface area (TPSA) is 51.8 Å². The van der Waals surface area contributed by atoms with E-state index in [1.807, 2.05) is 0 Å². The lowest BCUT2D eigenvalue weighted by Gasteiger charge is -2.22. The van der Waals surface area contributed by atoms with Crippen molar-refractivity contribution in [2.75, 3.05) is 0 Å². The van der Waals surface area contributed by atoms with Crippen LogP contribution in [0.4, 0.5) is 8.78 Å². The first-order chi connectivity index (χ1) is 6.02. The van der Waals surface area contributed by atoms with Crippen LogP contribution in [-0.4, -0.2) is 21.9 Å². The molecule has 0 saturated heterocycles. The molecule has 2 N–H and O–H groups in total. The van der Waals surface area contributed by atoms with E-state index in [4.69, 9.17) is 5.73 Å².